The zero-order chi connectivity index (χ0) is 14.8. The first-order chi connectivity index (χ1) is 9.44. The summed E-state index contributed by atoms with van der Waals surface area (Å²) in [6.07, 6.45) is 2.43. The summed E-state index contributed by atoms with van der Waals surface area (Å²) >= 11 is 7.12. The van der Waals surface area contributed by atoms with E-state index in [4.69, 9.17) is 18.0 Å². The van der Waals surface area contributed by atoms with Gasteiger partial charge >= 0.3 is 0 Å². The molecule has 1 saturated heterocycles. The fourth-order valence-corrected chi connectivity index (χ4v) is 3.78. The van der Waals surface area contributed by atoms with Crippen molar-refractivity contribution in [2.24, 2.45) is 11.1 Å². The molecular weight excluding hydrogens is 284 g/mol. The molecule has 0 atom stereocenters. The average Bonchev–Trinajstić information content (AvgIpc) is 2.38. The van der Waals surface area contributed by atoms with Crippen molar-refractivity contribution in [2.75, 3.05) is 23.7 Å². The Hall–Kier alpha value is -0.740. The molecule has 1 aromatic rings. The number of anilines is 1. The van der Waals surface area contributed by atoms with Gasteiger partial charge in [0.25, 0.3) is 0 Å². The van der Waals surface area contributed by atoms with E-state index in [0.29, 0.717) is 10.4 Å². The molecule has 4 heteroatoms. The number of benzene rings is 1. The number of hydrogen-bond donors (Lipinski definition) is 1. The van der Waals surface area contributed by atoms with Gasteiger partial charge in [-0.25, -0.2) is 0 Å². The van der Waals surface area contributed by atoms with Crippen molar-refractivity contribution in [1.29, 1.82) is 0 Å². The van der Waals surface area contributed by atoms with E-state index in [2.05, 4.69) is 43.9 Å². The topological polar surface area (TPSA) is 29.3 Å². The average molecular weight is 309 g/mol. The van der Waals surface area contributed by atoms with Crippen LogP contribution in [0, 0.1) is 5.41 Å². The maximum absolute atomic E-state index is 6.00. The summed E-state index contributed by atoms with van der Waals surface area (Å²) in [7, 11) is 0. The van der Waals surface area contributed by atoms with E-state index in [1.54, 1.807) is 0 Å². The molecule has 0 unspecified atom stereocenters. The molecule has 2 nitrogen and oxygen atoms in total. The summed E-state index contributed by atoms with van der Waals surface area (Å²) in [6, 6.07) is 6.40. The van der Waals surface area contributed by atoms with E-state index in [0.717, 1.165) is 24.4 Å². The van der Waals surface area contributed by atoms with Gasteiger partial charge in [0.1, 0.15) is 4.99 Å². The Morgan fingerprint density at radius 2 is 2.00 bits per heavy atom. The molecule has 1 fully saturated rings. The lowest BCUT2D eigenvalue weighted by Gasteiger charge is -2.39. The van der Waals surface area contributed by atoms with Crippen LogP contribution in [-0.4, -0.2) is 23.8 Å². The highest BCUT2D eigenvalue weighted by Gasteiger charge is 2.27. The molecule has 2 N–H and O–H groups in total. The van der Waals surface area contributed by atoms with Gasteiger partial charge in [-0.3, -0.25) is 0 Å². The maximum Gasteiger partial charge on any atom is 0.107 e. The standard InChI is InChI=1S/C16H24N2S2/c1-4-20-13-7-5-6-12(14(13)15(17)19)18-10-8-16(2,3)9-11-18/h5-7H,4,8-11H2,1-3H3,(H2,17,19). The first-order valence-corrected chi connectivity index (χ1v) is 8.64. The van der Waals surface area contributed by atoms with Crippen molar-refractivity contribution in [3.05, 3.63) is 23.8 Å². The summed E-state index contributed by atoms with van der Waals surface area (Å²) in [5.74, 6) is 1.03. The van der Waals surface area contributed by atoms with Crippen LogP contribution >= 0.6 is 24.0 Å². The van der Waals surface area contributed by atoms with E-state index in [1.807, 2.05) is 11.8 Å². The summed E-state index contributed by atoms with van der Waals surface area (Å²) in [5, 5.41) is 0. The molecule has 1 aliphatic heterocycles. The quantitative estimate of drug-likeness (QED) is 0.671. The van der Waals surface area contributed by atoms with Crippen molar-refractivity contribution in [3.8, 4) is 0 Å². The van der Waals surface area contributed by atoms with E-state index < -0.39 is 0 Å². The fraction of sp³-hybridized carbons (Fsp3) is 0.562. The highest BCUT2D eigenvalue weighted by atomic mass is 32.2. The normalized spacial score (nSPS) is 18.1. The van der Waals surface area contributed by atoms with Crippen molar-refractivity contribution in [3.63, 3.8) is 0 Å². The molecule has 0 saturated carbocycles. The first kappa shape index (κ1) is 15.6. The second kappa shape index (κ2) is 6.35. The van der Waals surface area contributed by atoms with Crippen LogP contribution in [0.3, 0.4) is 0 Å². The number of thiocarbonyl (C=S) groups is 1. The van der Waals surface area contributed by atoms with Crippen molar-refractivity contribution in [1.82, 2.24) is 0 Å². The molecule has 1 aromatic carbocycles. The molecule has 0 amide bonds. The van der Waals surface area contributed by atoms with Crippen molar-refractivity contribution in [2.45, 2.75) is 38.5 Å². The second-order valence-electron chi connectivity index (χ2n) is 6.10. The fourth-order valence-electron chi connectivity index (χ4n) is 2.66. The monoisotopic (exact) mass is 308 g/mol. The molecular formula is C16H24N2S2. The first-order valence-electron chi connectivity index (χ1n) is 7.25. The van der Waals surface area contributed by atoms with E-state index >= 15 is 0 Å². The van der Waals surface area contributed by atoms with E-state index in [9.17, 15) is 0 Å². The Kier molecular flexibility index (Phi) is 4.97. The van der Waals surface area contributed by atoms with Crippen LogP contribution in [0.2, 0.25) is 0 Å². The van der Waals surface area contributed by atoms with Gasteiger partial charge in [-0.05, 0) is 36.1 Å². The number of rotatable bonds is 4. The van der Waals surface area contributed by atoms with Gasteiger partial charge in [0.2, 0.25) is 0 Å². The molecule has 1 aliphatic rings. The minimum atomic E-state index is 0.454. The van der Waals surface area contributed by atoms with Gasteiger partial charge in [-0.2, -0.15) is 0 Å². The zero-order valence-electron chi connectivity index (χ0n) is 12.6. The van der Waals surface area contributed by atoms with Gasteiger partial charge in [-0.1, -0.05) is 39.1 Å². The van der Waals surface area contributed by atoms with Crippen LogP contribution in [0.1, 0.15) is 39.2 Å². The van der Waals surface area contributed by atoms with Crippen molar-refractivity contribution >= 4 is 34.7 Å². The second-order valence-corrected chi connectivity index (χ2v) is 7.84. The summed E-state index contributed by atoms with van der Waals surface area (Å²) < 4.78 is 0. The van der Waals surface area contributed by atoms with Gasteiger partial charge in [0, 0.05) is 29.2 Å². The molecule has 20 heavy (non-hydrogen) atoms. The smallest absolute Gasteiger partial charge is 0.107 e. The lowest BCUT2D eigenvalue weighted by atomic mass is 9.82. The SMILES string of the molecule is CCSc1cccc(N2CCC(C)(C)CC2)c1C(N)=S. The molecule has 0 bridgehead atoms. The molecule has 0 radical (unpaired) electrons. The van der Waals surface area contributed by atoms with Crippen LogP contribution in [0.15, 0.2) is 23.1 Å². The van der Waals surface area contributed by atoms with Gasteiger partial charge in [0.15, 0.2) is 0 Å². The van der Waals surface area contributed by atoms with E-state index in [1.165, 1.54) is 23.4 Å². The number of nitrogens with zero attached hydrogens (tertiary/aromatic N) is 1. The summed E-state index contributed by atoms with van der Waals surface area (Å²) in [4.78, 5) is 4.17. The molecule has 110 valence electrons. The predicted molar refractivity (Wildman–Crippen MR) is 94.0 cm³/mol. The van der Waals surface area contributed by atoms with Crippen LogP contribution in [-0.2, 0) is 0 Å². The zero-order valence-corrected chi connectivity index (χ0v) is 14.2. The van der Waals surface area contributed by atoms with Crippen LogP contribution in [0.5, 0.6) is 0 Å². The Balaban J connectivity index is 2.32. The number of nitrogens with two attached hydrogens (primary N) is 1. The third kappa shape index (κ3) is 3.47. The molecule has 1 heterocycles. The minimum Gasteiger partial charge on any atom is -0.389 e. The van der Waals surface area contributed by atoms with Crippen molar-refractivity contribution < 1.29 is 0 Å². The van der Waals surface area contributed by atoms with E-state index in [-0.39, 0.29) is 0 Å². The Labute approximate surface area is 132 Å². The maximum atomic E-state index is 6.00. The molecule has 0 aromatic heterocycles. The summed E-state index contributed by atoms with van der Waals surface area (Å²) in [6.45, 7) is 9.03. The highest BCUT2D eigenvalue weighted by Crippen LogP contribution is 2.36. The van der Waals surface area contributed by atoms with Gasteiger partial charge in [0.05, 0.1) is 0 Å². The third-order valence-corrected chi connectivity index (χ3v) is 5.15. The lowest BCUT2D eigenvalue weighted by molar-refractivity contribution is 0.280. The highest BCUT2D eigenvalue weighted by molar-refractivity contribution is 7.99. The Bertz CT molecular complexity index is 487. The van der Waals surface area contributed by atoms with Crippen LogP contribution in [0.4, 0.5) is 5.69 Å². The van der Waals surface area contributed by atoms with Crippen LogP contribution in [0.25, 0.3) is 0 Å². The molecule has 2 rings (SSSR count). The Morgan fingerprint density at radius 3 is 2.55 bits per heavy atom. The Morgan fingerprint density at radius 1 is 1.35 bits per heavy atom. The number of piperidine rings is 1. The lowest BCUT2D eigenvalue weighted by Crippen LogP contribution is -2.38. The number of hydrogen-bond acceptors (Lipinski definition) is 3. The summed E-state index contributed by atoms with van der Waals surface area (Å²) in [5.41, 5.74) is 8.73. The van der Waals surface area contributed by atoms with Crippen LogP contribution < -0.4 is 10.6 Å². The minimum absolute atomic E-state index is 0.454. The molecule has 0 aliphatic carbocycles. The molecule has 0 spiro atoms. The van der Waals surface area contributed by atoms with Gasteiger partial charge < -0.3 is 10.6 Å². The number of thioether (sulfide) groups is 1. The predicted octanol–water partition coefficient (Wildman–Crippen LogP) is 4.06. The third-order valence-electron chi connectivity index (χ3n) is 4.01. The largest absolute Gasteiger partial charge is 0.389 e. The van der Waals surface area contributed by atoms with Gasteiger partial charge in [-0.15, -0.1) is 11.8 Å².